The molecule has 0 unspecified atom stereocenters. The van der Waals surface area contributed by atoms with E-state index in [1.165, 1.54) is 7.11 Å². The van der Waals surface area contributed by atoms with Gasteiger partial charge in [0.2, 0.25) is 0 Å². The summed E-state index contributed by atoms with van der Waals surface area (Å²) in [5.74, 6) is 0.426. The summed E-state index contributed by atoms with van der Waals surface area (Å²) in [5.41, 5.74) is 0.0120. The van der Waals surface area contributed by atoms with Gasteiger partial charge in [-0.05, 0) is 37.3 Å². The second-order valence-corrected chi connectivity index (χ2v) is 6.93. The van der Waals surface area contributed by atoms with E-state index in [-0.39, 0.29) is 12.6 Å². The molecular weight excluding hydrogens is 338 g/mol. The van der Waals surface area contributed by atoms with Crippen LogP contribution in [0.5, 0.6) is 0 Å². The predicted molar refractivity (Wildman–Crippen MR) is 101 cm³/mol. The second kappa shape index (κ2) is 10.8. The molecular formula is C19H27NO4S. The third kappa shape index (κ3) is 6.46. The maximum atomic E-state index is 12.3. The van der Waals surface area contributed by atoms with Gasteiger partial charge in [0, 0.05) is 6.04 Å². The summed E-state index contributed by atoms with van der Waals surface area (Å²) >= 11 is 1.65. The number of esters is 1. The summed E-state index contributed by atoms with van der Waals surface area (Å²) in [6.07, 6.45) is 4.13. The average molecular weight is 365 g/mol. The number of benzene rings is 1. The van der Waals surface area contributed by atoms with Crippen molar-refractivity contribution >= 4 is 23.8 Å². The first-order valence-corrected chi connectivity index (χ1v) is 9.52. The highest BCUT2D eigenvalue weighted by molar-refractivity contribution is 7.98. The Bertz CT molecular complexity index is 564. The van der Waals surface area contributed by atoms with Crippen molar-refractivity contribution in [3.63, 3.8) is 0 Å². The van der Waals surface area contributed by atoms with Crippen LogP contribution in [0.4, 0.5) is 4.79 Å². The Morgan fingerprint density at radius 2 is 2.04 bits per heavy atom. The lowest BCUT2D eigenvalue weighted by molar-refractivity contribution is -0.153. The van der Waals surface area contributed by atoms with Gasteiger partial charge in [-0.1, -0.05) is 36.4 Å². The van der Waals surface area contributed by atoms with E-state index in [2.05, 4.69) is 11.9 Å². The molecule has 0 saturated carbocycles. The van der Waals surface area contributed by atoms with Crippen molar-refractivity contribution in [3.8, 4) is 0 Å². The lowest BCUT2D eigenvalue weighted by atomic mass is 9.78. The first-order valence-electron chi connectivity index (χ1n) is 8.13. The van der Waals surface area contributed by atoms with Crippen molar-refractivity contribution < 1.29 is 19.1 Å². The Kier molecular flexibility index (Phi) is 9.13. The normalized spacial score (nSPS) is 14.0. The molecule has 138 valence electrons. The van der Waals surface area contributed by atoms with Gasteiger partial charge in [0.05, 0.1) is 12.5 Å². The molecule has 0 aliphatic carbocycles. The van der Waals surface area contributed by atoms with Crippen LogP contribution < -0.4 is 5.32 Å². The van der Waals surface area contributed by atoms with Crippen LogP contribution in [0.25, 0.3) is 0 Å². The van der Waals surface area contributed by atoms with Crippen molar-refractivity contribution in [2.45, 2.75) is 32.4 Å². The number of hydrogen-bond acceptors (Lipinski definition) is 5. The molecule has 1 amide bonds. The zero-order valence-corrected chi connectivity index (χ0v) is 15.9. The van der Waals surface area contributed by atoms with Crippen molar-refractivity contribution in [2.75, 3.05) is 19.1 Å². The number of ether oxygens (including phenoxy) is 2. The molecule has 0 aliphatic heterocycles. The summed E-state index contributed by atoms with van der Waals surface area (Å²) in [6, 6.07) is 9.03. The van der Waals surface area contributed by atoms with E-state index in [0.717, 1.165) is 11.3 Å². The molecule has 25 heavy (non-hydrogen) atoms. The summed E-state index contributed by atoms with van der Waals surface area (Å²) in [6.45, 7) is 5.68. The van der Waals surface area contributed by atoms with E-state index in [4.69, 9.17) is 9.47 Å². The lowest BCUT2D eigenvalue weighted by Gasteiger charge is -2.34. The average Bonchev–Trinajstić information content (AvgIpc) is 2.63. The lowest BCUT2D eigenvalue weighted by Crippen LogP contribution is -2.51. The minimum absolute atomic E-state index is 0.179. The largest absolute Gasteiger partial charge is 0.469 e. The number of hydrogen-bond donors (Lipinski definition) is 1. The zero-order valence-electron chi connectivity index (χ0n) is 15.1. The Labute approximate surface area is 154 Å². The number of nitrogens with one attached hydrogen (secondary N) is 1. The van der Waals surface area contributed by atoms with Crippen molar-refractivity contribution in [1.82, 2.24) is 5.32 Å². The summed E-state index contributed by atoms with van der Waals surface area (Å²) < 4.78 is 10.2. The van der Waals surface area contributed by atoms with Crippen LogP contribution in [-0.2, 0) is 20.9 Å². The van der Waals surface area contributed by atoms with E-state index in [1.54, 1.807) is 24.8 Å². The van der Waals surface area contributed by atoms with Crippen molar-refractivity contribution in [2.24, 2.45) is 5.41 Å². The molecule has 0 bridgehead atoms. The topological polar surface area (TPSA) is 64.6 Å². The molecule has 1 aromatic rings. The molecule has 0 radical (unpaired) electrons. The second-order valence-electron chi connectivity index (χ2n) is 5.94. The number of amides is 1. The number of thioether (sulfide) groups is 1. The van der Waals surface area contributed by atoms with Gasteiger partial charge >= 0.3 is 12.1 Å². The van der Waals surface area contributed by atoms with Gasteiger partial charge in [-0.15, -0.1) is 6.58 Å². The van der Waals surface area contributed by atoms with Crippen LogP contribution in [0.3, 0.4) is 0 Å². The van der Waals surface area contributed by atoms with Crippen LogP contribution in [0, 0.1) is 5.41 Å². The van der Waals surface area contributed by atoms with Gasteiger partial charge in [0.25, 0.3) is 0 Å². The van der Waals surface area contributed by atoms with Crippen LogP contribution in [0.1, 0.15) is 25.3 Å². The molecule has 5 nitrogen and oxygen atoms in total. The molecule has 6 heteroatoms. The minimum Gasteiger partial charge on any atom is -0.469 e. The summed E-state index contributed by atoms with van der Waals surface area (Å²) in [7, 11) is 1.35. The molecule has 0 fully saturated rings. The van der Waals surface area contributed by atoms with Crippen molar-refractivity contribution in [3.05, 3.63) is 48.6 Å². The van der Waals surface area contributed by atoms with E-state index in [0.29, 0.717) is 12.8 Å². The van der Waals surface area contributed by atoms with Crippen LogP contribution in [0.2, 0.25) is 0 Å². The maximum Gasteiger partial charge on any atom is 0.407 e. The monoisotopic (exact) mass is 365 g/mol. The highest BCUT2D eigenvalue weighted by atomic mass is 32.2. The first kappa shape index (κ1) is 21.1. The fraction of sp³-hybridized carbons (Fsp3) is 0.474. The highest BCUT2D eigenvalue weighted by Gasteiger charge is 2.42. The number of carbonyl (C=O) groups excluding carboxylic acids is 2. The maximum absolute atomic E-state index is 12.3. The number of methoxy groups -OCH3 is 1. The molecule has 0 aromatic heterocycles. The predicted octanol–water partition coefficient (Wildman–Crippen LogP) is 3.79. The number of alkyl carbamates (subject to hydrolysis) is 1. The van der Waals surface area contributed by atoms with Crippen LogP contribution in [0.15, 0.2) is 43.0 Å². The quantitative estimate of drug-likeness (QED) is 0.505. The smallest absolute Gasteiger partial charge is 0.407 e. The van der Waals surface area contributed by atoms with Crippen LogP contribution >= 0.6 is 11.8 Å². The third-order valence-electron chi connectivity index (χ3n) is 4.10. The molecule has 1 N–H and O–H groups in total. The zero-order chi connectivity index (χ0) is 18.7. The number of carbonyl (C=O) groups is 2. The Morgan fingerprint density at radius 3 is 2.60 bits per heavy atom. The Hall–Kier alpha value is -1.95. The van der Waals surface area contributed by atoms with Crippen LogP contribution in [-0.4, -0.2) is 37.2 Å². The van der Waals surface area contributed by atoms with E-state index in [9.17, 15) is 9.59 Å². The Morgan fingerprint density at radius 1 is 1.36 bits per heavy atom. The van der Waals surface area contributed by atoms with Gasteiger partial charge in [-0.3, -0.25) is 4.79 Å². The molecule has 1 rings (SSSR count). The highest BCUT2D eigenvalue weighted by Crippen LogP contribution is 2.31. The number of rotatable bonds is 10. The minimum atomic E-state index is -0.891. The SMILES string of the molecule is C=CC[C@](C)(C(=O)OC)[C@H](CCSC)NC(=O)OCc1ccccc1. The van der Waals surface area contributed by atoms with Gasteiger partial charge in [0.1, 0.15) is 6.61 Å². The summed E-state index contributed by atoms with van der Waals surface area (Å²) in [4.78, 5) is 24.6. The fourth-order valence-electron chi connectivity index (χ4n) is 2.59. The van der Waals surface area contributed by atoms with Gasteiger partial charge in [-0.25, -0.2) is 4.79 Å². The molecule has 2 atom stereocenters. The van der Waals surface area contributed by atoms with Gasteiger partial charge in [0.15, 0.2) is 0 Å². The van der Waals surface area contributed by atoms with Crippen molar-refractivity contribution in [1.29, 1.82) is 0 Å². The molecule has 0 saturated heterocycles. The summed E-state index contributed by atoms with van der Waals surface area (Å²) in [5, 5.41) is 2.84. The van der Waals surface area contributed by atoms with Gasteiger partial charge in [-0.2, -0.15) is 11.8 Å². The van der Waals surface area contributed by atoms with Gasteiger partial charge < -0.3 is 14.8 Å². The van der Waals surface area contributed by atoms with E-state index >= 15 is 0 Å². The number of allylic oxidation sites excluding steroid dienone is 1. The molecule has 0 spiro atoms. The molecule has 1 aromatic carbocycles. The fourth-order valence-corrected chi connectivity index (χ4v) is 3.07. The standard InChI is InChI=1S/C19H27NO4S/c1-5-12-19(2,17(21)23-3)16(11-13-25-4)20-18(22)24-14-15-9-7-6-8-10-15/h5-10,16H,1,11-14H2,2-4H3,(H,20,22)/t16-,19-/m0/s1. The molecule has 0 heterocycles. The van der Waals surface area contributed by atoms with E-state index in [1.807, 2.05) is 36.6 Å². The molecule has 0 aliphatic rings. The first-order chi connectivity index (χ1) is 12.0. The Balaban J connectivity index is 2.80. The van der Waals surface area contributed by atoms with E-state index < -0.39 is 17.6 Å². The third-order valence-corrected chi connectivity index (χ3v) is 4.75.